The van der Waals surface area contributed by atoms with Gasteiger partial charge in [0.25, 0.3) is 0 Å². The smallest absolute Gasteiger partial charge is 0.206 e. The lowest BCUT2D eigenvalue weighted by atomic mass is 10.4. The third kappa shape index (κ3) is 1.34. The van der Waals surface area contributed by atoms with Crippen LogP contribution in [0.1, 0.15) is 0 Å². The molecule has 0 aliphatic heterocycles. The van der Waals surface area contributed by atoms with Gasteiger partial charge in [-0.1, -0.05) is 0 Å². The lowest BCUT2D eigenvalue weighted by molar-refractivity contribution is 0.331. The fourth-order valence-corrected chi connectivity index (χ4v) is 0.770. The Morgan fingerprint density at radius 1 is 1.27 bits per heavy atom. The van der Waals surface area contributed by atoms with Crippen LogP contribution in [0.4, 0.5) is 0 Å². The molecule has 0 fully saturated rings. The highest BCUT2D eigenvalue weighted by atomic mass is 16.5. The normalized spacial score (nSPS) is 9.27. The van der Waals surface area contributed by atoms with Crippen molar-refractivity contribution in [1.82, 2.24) is 4.98 Å². The highest BCUT2D eigenvalue weighted by molar-refractivity contribution is 5.47. The Bertz CT molecular complexity index is 249. The Morgan fingerprint density at radius 3 is 2.45 bits per heavy atom. The minimum atomic E-state index is -0.0214. The van der Waals surface area contributed by atoms with E-state index in [0.717, 1.165) is 0 Å². The van der Waals surface area contributed by atoms with Crippen LogP contribution in [-0.2, 0) is 0 Å². The van der Waals surface area contributed by atoms with Crippen LogP contribution in [0.5, 0.6) is 17.2 Å². The lowest BCUT2D eigenvalue weighted by Crippen LogP contribution is -1.91. The summed E-state index contributed by atoms with van der Waals surface area (Å²) in [4.78, 5) is 3.71. The van der Waals surface area contributed by atoms with E-state index < -0.39 is 0 Å². The van der Waals surface area contributed by atoms with E-state index in [-0.39, 0.29) is 5.75 Å². The molecule has 0 amide bonds. The van der Waals surface area contributed by atoms with Gasteiger partial charge in [0.2, 0.25) is 5.75 Å². The summed E-state index contributed by atoms with van der Waals surface area (Å²) in [6.07, 6.45) is 2.76. The van der Waals surface area contributed by atoms with Crippen molar-refractivity contribution in [2.24, 2.45) is 0 Å². The summed E-state index contributed by atoms with van der Waals surface area (Å²) in [5.74, 6) is 0.710. The second kappa shape index (κ2) is 3.09. The van der Waals surface area contributed by atoms with E-state index >= 15 is 0 Å². The van der Waals surface area contributed by atoms with Gasteiger partial charge >= 0.3 is 0 Å². The Kier molecular flexibility index (Phi) is 2.15. The average Bonchev–Trinajstić information content (AvgIpc) is 2.04. The summed E-state index contributed by atoms with van der Waals surface area (Å²) < 4.78 is 9.72. The molecule has 0 aliphatic rings. The zero-order valence-corrected chi connectivity index (χ0v) is 6.37. The average molecular weight is 155 g/mol. The van der Waals surface area contributed by atoms with E-state index in [1.165, 1.54) is 26.6 Å². The number of hydrogen-bond donors (Lipinski definition) is 1. The summed E-state index contributed by atoms with van der Waals surface area (Å²) in [5.41, 5.74) is 0. The molecule has 4 nitrogen and oxygen atoms in total. The van der Waals surface area contributed by atoms with E-state index in [4.69, 9.17) is 14.6 Å². The first kappa shape index (κ1) is 7.65. The summed E-state index contributed by atoms with van der Waals surface area (Å²) in [6.45, 7) is 0. The molecule has 0 saturated heterocycles. The van der Waals surface area contributed by atoms with Crippen LogP contribution in [0.25, 0.3) is 0 Å². The zero-order chi connectivity index (χ0) is 8.27. The maximum Gasteiger partial charge on any atom is 0.206 e. The van der Waals surface area contributed by atoms with Gasteiger partial charge in [0.05, 0.1) is 26.6 Å². The summed E-state index contributed by atoms with van der Waals surface area (Å²) >= 11 is 0. The number of ether oxygens (including phenoxy) is 2. The standard InChI is InChI=1S/C7H9NO3/c1-10-6-4-8-3-5(9)7(6)11-2/h3-4,9H,1-2H3. The maximum atomic E-state index is 9.15. The fourth-order valence-electron chi connectivity index (χ4n) is 0.770. The van der Waals surface area contributed by atoms with Gasteiger partial charge in [0.1, 0.15) is 0 Å². The topological polar surface area (TPSA) is 51.6 Å². The van der Waals surface area contributed by atoms with Crippen molar-refractivity contribution in [3.63, 3.8) is 0 Å². The molecule has 0 radical (unpaired) electrons. The Morgan fingerprint density at radius 2 is 2.00 bits per heavy atom. The molecular weight excluding hydrogens is 146 g/mol. The van der Waals surface area contributed by atoms with E-state index in [9.17, 15) is 0 Å². The molecule has 1 aromatic rings. The molecule has 0 bridgehead atoms. The third-order valence-corrected chi connectivity index (χ3v) is 1.27. The SMILES string of the molecule is COc1cncc(O)c1OC. The van der Waals surface area contributed by atoms with E-state index in [0.29, 0.717) is 11.5 Å². The molecule has 11 heavy (non-hydrogen) atoms. The molecule has 60 valence electrons. The van der Waals surface area contributed by atoms with Crippen LogP contribution < -0.4 is 9.47 Å². The number of nitrogens with zero attached hydrogens (tertiary/aromatic N) is 1. The largest absolute Gasteiger partial charge is 0.503 e. The molecule has 0 saturated carbocycles. The number of aromatic hydroxyl groups is 1. The van der Waals surface area contributed by atoms with Crippen molar-refractivity contribution in [3.8, 4) is 17.2 Å². The second-order valence-electron chi connectivity index (χ2n) is 1.89. The van der Waals surface area contributed by atoms with Crippen LogP contribution >= 0.6 is 0 Å². The van der Waals surface area contributed by atoms with Gasteiger partial charge in [-0.15, -0.1) is 0 Å². The zero-order valence-electron chi connectivity index (χ0n) is 6.37. The number of hydrogen-bond acceptors (Lipinski definition) is 4. The highest BCUT2D eigenvalue weighted by Crippen LogP contribution is 2.33. The number of pyridine rings is 1. The van der Waals surface area contributed by atoms with Crippen molar-refractivity contribution in [1.29, 1.82) is 0 Å². The quantitative estimate of drug-likeness (QED) is 0.686. The predicted octanol–water partition coefficient (Wildman–Crippen LogP) is 0.804. The van der Waals surface area contributed by atoms with Crippen LogP contribution in [0, 0.1) is 0 Å². The molecule has 0 atom stereocenters. The number of aromatic nitrogens is 1. The van der Waals surface area contributed by atoms with Gasteiger partial charge in [0, 0.05) is 0 Å². The van der Waals surface area contributed by atoms with Crippen molar-refractivity contribution in [2.75, 3.05) is 14.2 Å². The van der Waals surface area contributed by atoms with Crippen molar-refractivity contribution in [3.05, 3.63) is 12.4 Å². The molecular formula is C7H9NO3. The Labute approximate surface area is 64.4 Å². The van der Waals surface area contributed by atoms with Crippen LogP contribution in [0.2, 0.25) is 0 Å². The lowest BCUT2D eigenvalue weighted by Gasteiger charge is -2.06. The molecule has 1 aromatic heterocycles. The summed E-state index contributed by atoms with van der Waals surface area (Å²) in [7, 11) is 2.94. The van der Waals surface area contributed by atoms with Gasteiger partial charge in [-0.05, 0) is 0 Å². The molecule has 1 rings (SSSR count). The third-order valence-electron chi connectivity index (χ3n) is 1.27. The van der Waals surface area contributed by atoms with E-state index in [1.54, 1.807) is 0 Å². The van der Waals surface area contributed by atoms with Gasteiger partial charge in [-0.3, -0.25) is 4.98 Å². The Balaban J connectivity index is 3.13. The van der Waals surface area contributed by atoms with E-state index in [2.05, 4.69) is 4.98 Å². The Hall–Kier alpha value is -1.45. The number of rotatable bonds is 2. The monoisotopic (exact) mass is 155 g/mol. The number of methoxy groups -OCH3 is 2. The fraction of sp³-hybridized carbons (Fsp3) is 0.286. The van der Waals surface area contributed by atoms with Gasteiger partial charge in [-0.2, -0.15) is 0 Å². The molecule has 0 spiro atoms. The summed E-state index contributed by atoms with van der Waals surface area (Å²) in [5, 5.41) is 9.15. The highest BCUT2D eigenvalue weighted by Gasteiger charge is 2.07. The van der Waals surface area contributed by atoms with Crippen molar-refractivity contribution >= 4 is 0 Å². The summed E-state index contributed by atoms with van der Waals surface area (Å²) in [6, 6.07) is 0. The molecule has 0 aromatic carbocycles. The molecule has 1 N–H and O–H groups in total. The van der Waals surface area contributed by atoms with E-state index in [1.807, 2.05) is 0 Å². The van der Waals surface area contributed by atoms with Crippen molar-refractivity contribution < 1.29 is 14.6 Å². The minimum Gasteiger partial charge on any atom is -0.503 e. The first-order chi connectivity index (χ1) is 5.29. The second-order valence-corrected chi connectivity index (χ2v) is 1.89. The van der Waals surface area contributed by atoms with Crippen LogP contribution in [-0.4, -0.2) is 24.3 Å². The maximum absolute atomic E-state index is 9.15. The molecule has 1 heterocycles. The van der Waals surface area contributed by atoms with Crippen LogP contribution in [0.15, 0.2) is 12.4 Å². The molecule has 0 aliphatic carbocycles. The van der Waals surface area contributed by atoms with Gasteiger partial charge in [-0.25, -0.2) is 0 Å². The van der Waals surface area contributed by atoms with Crippen molar-refractivity contribution in [2.45, 2.75) is 0 Å². The first-order valence-electron chi connectivity index (χ1n) is 3.04. The predicted molar refractivity (Wildman–Crippen MR) is 39.0 cm³/mol. The van der Waals surface area contributed by atoms with Crippen LogP contribution in [0.3, 0.4) is 0 Å². The molecule has 0 unspecified atom stereocenters. The van der Waals surface area contributed by atoms with Gasteiger partial charge in [0.15, 0.2) is 11.5 Å². The first-order valence-corrected chi connectivity index (χ1v) is 3.04. The molecule has 4 heteroatoms. The van der Waals surface area contributed by atoms with Gasteiger partial charge < -0.3 is 14.6 Å². The minimum absolute atomic E-state index is 0.0214.